The first-order valence-electron chi connectivity index (χ1n) is 7.82. The van der Waals surface area contributed by atoms with E-state index in [9.17, 15) is 14.3 Å². The minimum absolute atomic E-state index is 0.171. The molecule has 23 heavy (non-hydrogen) atoms. The molecule has 0 radical (unpaired) electrons. The number of hydrogen-bond donors (Lipinski definition) is 2. The van der Waals surface area contributed by atoms with Gasteiger partial charge in [-0.15, -0.1) is 0 Å². The van der Waals surface area contributed by atoms with Gasteiger partial charge in [0.25, 0.3) is 5.91 Å². The Morgan fingerprint density at radius 2 is 2.26 bits per heavy atom. The highest BCUT2D eigenvalue weighted by molar-refractivity contribution is 5.92. The fraction of sp³-hybridized carbons (Fsp3) is 0.412. The number of rotatable bonds is 5. The number of phenols is 1. The van der Waals surface area contributed by atoms with Crippen LogP contribution in [0.5, 0.6) is 5.75 Å². The van der Waals surface area contributed by atoms with E-state index in [-0.39, 0.29) is 12.5 Å². The summed E-state index contributed by atoms with van der Waals surface area (Å²) in [5.41, 5.74) is 1.56. The van der Waals surface area contributed by atoms with Crippen LogP contribution in [0.2, 0.25) is 0 Å². The Morgan fingerprint density at radius 3 is 2.87 bits per heavy atom. The first-order valence-corrected chi connectivity index (χ1v) is 7.82. The summed E-state index contributed by atoms with van der Waals surface area (Å²) in [6.45, 7) is 2.60. The molecular formula is C17H20FN3O2. The molecule has 6 heteroatoms. The number of aromatic nitrogens is 2. The van der Waals surface area contributed by atoms with Crippen molar-refractivity contribution in [2.24, 2.45) is 5.92 Å². The van der Waals surface area contributed by atoms with Crippen LogP contribution in [0.3, 0.4) is 0 Å². The van der Waals surface area contributed by atoms with Gasteiger partial charge in [0.15, 0.2) is 11.6 Å². The van der Waals surface area contributed by atoms with Crippen molar-refractivity contribution >= 4 is 5.91 Å². The summed E-state index contributed by atoms with van der Waals surface area (Å²) in [4.78, 5) is 14.3. The molecule has 2 N–H and O–H groups in total. The van der Waals surface area contributed by atoms with E-state index in [1.165, 1.54) is 18.6 Å². The third-order valence-corrected chi connectivity index (χ3v) is 4.35. The molecule has 1 aliphatic rings. The lowest BCUT2D eigenvalue weighted by molar-refractivity contribution is 0.0672. The van der Waals surface area contributed by atoms with Crippen LogP contribution in [0.4, 0.5) is 4.39 Å². The smallest absolute Gasteiger partial charge is 0.274 e. The van der Waals surface area contributed by atoms with E-state index in [4.69, 9.17) is 0 Å². The molecule has 2 aromatic rings. The molecule has 1 aliphatic carbocycles. The number of phenolic OH excluding ortho intramolecular Hbond substituents is 1. The molecule has 0 aliphatic heterocycles. The fourth-order valence-electron chi connectivity index (χ4n) is 2.79. The Morgan fingerprint density at radius 1 is 1.48 bits per heavy atom. The second-order valence-electron chi connectivity index (χ2n) is 6.17. The van der Waals surface area contributed by atoms with E-state index in [0.717, 1.165) is 18.5 Å². The molecule has 0 atom stereocenters. The molecule has 1 saturated carbocycles. The monoisotopic (exact) mass is 317 g/mol. The summed E-state index contributed by atoms with van der Waals surface area (Å²) in [5, 5.41) is 16.7. The van der Waals surface area contributed by atoms with E-state index in [2.05, 4.69) is 10.2 Å². The number of aromatic amines is 1. The van der Waals surface area contributed by atoms with Crippen LogP contribution in [0.25, 0.3) is 0 Å². The zero-order valence-corrected chi connectivity index (χ0v) is 13.1. The lowest BCUT2D eigenvalue weighted by Gasteiger charge is -2.32. The van der Waals surface area contributed by atoms with Gasteiger partial charge >= 0.3 is 0 Å². The quantitative estimate of drug-likeness (QED) is 0.890. The Labute approximate surface area is 134 Å². The molecule has 0 saturated heterocycles. The van der Waals surface area contributed by atoms with E-state index in [1.54, 1.807) is 17.0 Å². The van der Waals surface area contributed by atoms with Crippen molar-refractivity contribution in [3.05, 3.63) is 47.0 Å². The van der Waals surface area contributed by atoms with Gasteiger partial charge < -0.3 is 10.0 Å². The molecule has 1 fully saturated rings. The average Bonchev–Trinajstić information content (AvgIpc) is 2.91. The van der Waals surface area contributed by atoms with Crippen LogP contribution in [0.15, 0.2) is 24.3 Å². The SMILES string of the molecule is Cc1cc(C(=O)N(Cc2cccc(F)c2O)CC2CCC2)n[nH]1. The van der Waals surface area contributed by atoms with E-state index >= 15 is 0 Å². The average molecular weight is 317 g/mol. The van der Waals surface area contributed by atoms with Gasteiger partial charge in [-0.25, -0.2) is 4.39 Å². The second kappa shape index (κ2) is 6.40. The highest BCUT2D eigenvalue weighted by Crippen LogP contribution is 2.29. The highest BCUT2D eigenvalue weighted by atomic mass is 19.1. The Balaban J connectivity index is 1.82. The van der Waals surface area contributed by atoms with Gasteiger partial charge in [-0.1, -0.05) is 18.6 Å². The lowest BCUT2D eigenvalue weighted by atomic mass is 9.85. The normalized spacial score (nSPS) is 14.5. The van der Waals surface area contributed by atoms with Crippen molar-refractivity contribution in [2.75, 3.05) is 6.54 Å². The number of hydrogen-bond acceptors (Lipinski definition) is 3. The molecule has 0 bridgehead atoms. The standard InChI is InChI=1S/C17H20FN3O2/c1-11-8-15(20-19-11)17(23)21(9-12-4-2-5-12)10-13-6-3-7-14(18)16(13)22/h3,6-8,12,22H,2,4-5,9-10H2,1H3,(H,19,20). The number of nitrogens with zero attached hydrogens (tertiary/aromatic N) is 2. The third-order valence-electron chi connectivity index (χ3n) is 4.35. The molecule has 122 valence electrons. The zero-order chi connectivity index (χ0) is 16.4. The number of nitrogens with one attached hydrogen (secondary N) is 1. The van der Waals surface area contributed by atoms with E-state index < -0.39 is 11.6 Å². The number of amides is 1. The Bertz CT molecular complexity index is 710. The second-order valence-corrected chi connectivity index (χ2v) is 6.17. The molecule has 1 aromatic heterocycles. The highest BCUT2D eigenvalue weighted by Gasteiger charge is 2.26. The lowest BCUT2D eigenvalue weighted by Crippen LogP contribution is -2.37. The summed E-state index contributed by atoms with van der Waals surface area (Å²) in [6, 6.07) is 6.07. The number of aromatic hydroxyl groups is 1. The maximum Gasteiger partial charge on any atom is 0.274 e. The van der Waals surface area contributed by atoms with Crippen LogP contribution in [0, 0.1) is 18.7 Å². The minimum Gasteiger partial charge on any atom is -0.505 e. The first kappa shape index (κ1) is 15.5. The molecular weight excluding hydrogens is 297 g/mol. The summed E-state index contributed by atoms with van der Waals surface area (Å²) >= 11 is 0. The van der Waals surface area contributed by atoms with Gasteiger partial charge in [-0.05, 0) is 37.8 Å². The predicted molar refractivity (Wildman–Crippen MR) is 83.5 cm³/mol. The van der Waals surface area contributed by atoms with Gasteiger partial charge in [0.1, 0.15) is 5.69 Å². The summed E-state index contributed by atoms with van der Waals surface area (Å²) in [7, 11) is 0. The van der Waals surface area contributed by atoms with Gasteiger partial charge in [0.05, 0.1) is 0 Å². The number of aryl methyl sites for hydroxylation is 1. The number of carbonyl (C=O) groups excluding carboxylic acids is 1. The molecule has 3 rings (SSSR count). The molecule has 5 nitrogen and oxygen atoms in total. The Kier molecular flexibility index (Phi) is 4.32. The van der Waals surface area contributed by atoms with Crippen molar-refractivity contribution in [2.45, 2.75) is 32.7 Å². The maximum absolute atomic E-state index is 13.5. The van der Waals surface area contributed by atoms with Crippen LogP contribution in [0.1, 0.15) is 41.0 Å². The summed E-state index contributed by atoms with van der Waals surface area (Å²) < 4.78 is 13.5. The minimum atomic E-state index is -0.672. The van der Waals surface area contributed by atoms with Crippen LogP contribution in [-0.2, 0) is 6.54 Å². The van der Waals surface area contributed by atoms with Crippen molar-refractivity contribution in [1.29, 1.82) is 0 Å². The number of H-pyrrole nitrogens is 1. The van der Waals surface area contributed by atoms with Gasteiger partial charge in [0.2, 0.25) is 0 Å². The molecule has 0 spiro atoms. The number of benzene rings is 1. The molecule has 1 aromatic carbocycles. The molecule has 1 amide bonds. The number of halogens is 1. The van der Waals surface area contributed by atoms with Gasteiger partial charge in [0, 0.05) is 24.3 Å². The Hall–Kier alpha value is -2.37. The van der Waals surface area contributed by atoms with Crippen molar-refractivity contribution in [3.63, 3.8) is 0 Å². The maximum atomic E-state index is 13.5. The van der Waals surface area contributed by atoms with Crippen LogP contribution < -0.4 is 0 Å². The summed E-state index contributed by atoms with van der Waals surface area (Å²) in [5.74, 6) is -0.800. The van der Waals surface area contributed by atoms with Gasteiger partial charge in [-0.2, -0.15) is 5.10 Å². The number of para-hydroxylation sites is 1. The molecule has 0 unspecified atom stereocenters. The predicted octanol–water partition coefficient (Wildman–Crippen LogP) is 3.01. The van der Waals surface area contributed by atoms with Crippen molar-refractivity contribution < 1.29 is 14.3 Å². The van der Waals surface area contributed by atoms with Crippen molar-refractivity contribution in [1.82, 2.24) is 15.1 Å². The fourth-order valence-corrected chi connectivity index (χ4v) is 2.79. The number of carbonyl (C=O) groups is 1. The largest absolute Gasteiger partial charge is 0.505 e. The van der Waals surface area contributed by atoms with Gasteiger partial charge in [-0.3, -0.25) is 9.89 Å². The third kappa shape index (κ3) is 3.36. The van der Waals surface area contributed by atoms with Crippen LogP contribution >= 0.6 is 0 Å². The molecule has 1 heterocycles. The van der Waals surface area contributed by atoms with E-state index in [0.29, 0.717) is 23.7 Å². The van der Waals surface area contributed by atoms with Crippen molar-refractivity contribution in [3.8, 4) is 5.75 Å². The van der Waals surface area contributed by atoms with Crippen LogP contribution in [-0.4, -0.2) is 32.7 Å². The summed E-state index contributed by atoms with van der Waals surface area (Å²) in [6.07, 6.45) is 3.37. The topological polar surface area (TPSA) is 69.2 Å². The van der Waals surface area contributed by atoms with E-state index in [1.807, 2.05) is 6.92 Å². The first-order chi connectivity index (χ1) is 11.0. The zero-order valence-electron chi connectivity index (χ0n) is 13.1.